The predicted octanol–water partition coefficient (Wildman–Crippen LogP) is 1.32. The maximum Gasteiger partial charge on any atom is 0.271 e. The van der Waals surface area contributed by atoms with Crippen molar-refractivity contribution in [3.63, 3.8) is 0 Å². The average molecular weight is 445 g/mol. The van der Waals surface area contributed by atoms with Crippen molar-refractivity contribution in [3.8, 4) is 0 Å². The van der Waals surface area contributed by atoms with Crippen molar-refractivity contribution in [2.75, 3.05) is 13.2 Å². The third-order valence-electron chi connectivity index (χ3n) is 5.29. The molecule has 0 spiro atoms. The Bertz CT molecular complexity index is 1030. The average Bonchev–Trinajstić information content (AvgIpc) is 2.78. The number of carbonyl (C=O) groups excluding carboxylic acids is 1. The van der Waals surface area contributed by atoms with Crippen LogP contribution >= 0.6 is 0 Å². The van der Waals surface area contributed by atoms with Gasteiger partial charge in [0, 0.05) is 23.5 Å². The number of allylic oxidation sites excluding steroid dienone is 3. The maximum atomic E-state index is 14.1. The number of hydrogen-bond donors (Lipinski definition) is 5. The second-order valence-electron chi connectivity index (χ2n) is 7.49. The first-order valence-corrected chi connectivity index (χ1v) is 10.1. The van der Waals surface area contributed by atoms with Crippen molar-refractivity contribution in [2.24, 2.45) is 11.5 Å². The van der Waals surface area contributed by atoms with Gasteiger partial charge in [0.05, 0.1) is 36.7 Å². The Morgan fingerprint density at radius 2 is 1.94 bits per heavy atom. The first kappa shape index (κ1) is 23.3. The van der Waals surface area contributed by atoms with Crippen molar-refractivity contribution in [3.05, 3.63) is 76.5 Å². The zero-order valence-corrected chi connectivity index (χ0v) is 17.3. The summed E-state index contributed by atoms with van der Waals surface area (Å²) in [5, 5.41) is 20.7. The van der Waals surface area contributed by atoms with Crippen LogP contribution in [0.2, 0.25) is 0 Å². The van der Waals surface area contributed by atoms with Crippen LogP contribution in [-0.4, -0.2) is 45.3 Å². The summed E-state index contributed by atoms with van der Waals surface area (Å²) in [4.78, 5) is 20.8. The number of rotatable bonds is 7. The monoisotopic (exact) mass is 445 g/mol. The predicted molar refractivity (Wildman–Crippen MR) is 114 cm³/mol. The van der Waals surface area contributed by atoms with Crippen LogP contribution in [0.5, 0.6) is 0 Å². The first-order chi connectivity index (χ1) is 15.3. The maximum absolute atomic E-state index is 14.1. The highest BCUT2D eigenvalue weighted by Crippen LogP contribution is 2.35. The lowest BCUT2D eigenvalue weighted by Crippen LogP contribution is -2.40. The van der Waals surface area contributed by atoms with Crippen LogP contribution in [0, 0.1) is 11.6 Å². The number of nitrogens with two attached hydrogens (primary N) is 2. The van der Waals surface area contributed by atoms with Gasteiger partial charge in [0.25, 0.3) is 5.91 Å². The zero-order chi connectivity index (χ0) is 23.3. The van der Waals surface area contributed by atoms with Crippen LogP contribution in [0.25, 0.3) is 5.70 Å². The fourth-order valence-electron chi connectivity index (χ4n) is 3.58. The Labute approximate surface area is 183 Å². The Morgan fingerprint density at radius 3 is 2.59 bits per heavy atom. The highest BCUT2D eigenvalue weighted by molar-refractivity contribution is 5.92. The van der Waals surface area contributed by atoms with E-state index in [0.29, 0.717) is 29.8 Å². The van der Waals surface area contributed by atoms with Gasteiger partial charge in [-0.2, -0.15) is 0 Å². The van der Waals surface area contributed by atoms with E-state index >= 15 is 0 Å². The molecular weight excluding hydrogens is 420 g/mol. The van der Waals surface area contributed by atoms with E-state index in [1.165, 1.54) is 24.5 Å². The Kier molecular flexibility index (Phi) is 7.49. The molecule has 1 unspecified atom stereocenters. The Morgan fingerprint density at radius 1 is 1.25 bits per heavy atom. The van der Waals surface area contributed by atoms with Crippen LogP contribution in [0.15, 0.2) is 47.9 Å². The third kappa shape index (κ3) is 5.09. The van der Waals surface area contributed by atoms with Crippen LogP contribution in [-0.2, 0) is 0 Å². The molecule has 2 aromatic rings. The molecule has 7 N–H and O–H groups in total. The summed E-state index contributed by atoms with van der Waals surface area (Å²) >= 11 is 0. The van der Waals surface area contributed by atoms with Gasteiger partial charge in [0.15, 0.2) is 0 Å². The van der Waals surface area contributed by atoms with Gasteiger partial charge in [-0.25, -0.2) is 13.8 Å². The van der Waals surface area contributed by atoms with Gasteiger partial charge in [0.1, 0.15) is 17.3 Å². The van der Waals surface area contributed by atoms with E-state index in [2.05, 4.69) is 15.3 Å². The van der Waals surface area contributed by atoms with Gasteiger partial charge in [-0.3, -0.25) is 9.78 Å². The molecule has 0 saturated carbocycles. The minimum Gasteiger partial charge on any atom is -0.401 e. The highest BCUT2D eigenvalue weighted by Gasteiger charge is 2.25. The largest absolute Gasteiger partial charge is 0.401 e. The number of halogens is 2. The number of carbonyl (C=O) groups is 1. The summed E-state index contributed by atoms with van der Waals surface area (Å²) in [6, 6.07) is 2.71. The topological polar surface area (TPSA) is 147 Å². The van der Waals surface area contributed by atoms with Crippen molar-refractivity contribution in [2.45, 2.75) is 31.2 Å². The Balaban J connectivity index is 1.90. The second-order valence-corrected chi connectivity index (χ2v) is 7.49. The standard InChI is InChI=1S/C22H25F2N5O3/c23-15-5-2-6-16(24)20(15)17(25)7-12-3-1-4-14(21(12)26)18-8-27-9-19(29-18)22(32)28-13(10-30)11-31/h2,5-9,13-14,30-31H,1,3-4,10-11,25-26H2,(H,28,32)/b17-7-. The number of nitrogens with zero attached hydrogens (tertiary/aromatic N) is 2. The molecule has 1 aromatic carbocycles. The number of aromatic nitrogens is 2. The number of benzene rings is 1. The number of amides is 1. The smallest absolute Gasteiger partial charge is 0.271 e. The summed E-state index contributed by atoms with van der Waals surface area (Å²) < 4.78 is 28.1. The quantitative estimate of drug-likeness (QED) is 0.432. The lowest BCUT2D eigenvalue weighted by Gasteiger charge is -2.25. The SMILES string of the molecule is NC1=C(/C=C(\N)c2c(F)cccc2F)CCCC1c1cncc(C(=O)NC(CO)CO)n1. The summed E-state index contributed by atoms with van der Waals surface area (Å²) in [6.45, 7) is -0.846. The fraction of sp³-hybridized carbons (Fsp3) is 0.318. The summed E-state index contributed by atoms with van der Waals surface area (Å²) in [5.74, 6) is -2.48. The summed E-state index contributed by atoms with van der Waals surface area (Å²) in [5.41, 5.74) is 13.5. The van der Waals surface area contributed by atoms with Gasteiger partial charge < -0.3 is 27.0 Å². The van der Waals surface area contributed by atoms with E-state index in [4.69, 9.17) is 21.7 Å². The molecule has 0 saturated heterocycles. The van der Waals surface area contributed by atoms with Gasteiger partial charge in [-0.1, -0.05) is 6.07 Å². The van der Waals surface area contributed by atoms with E-state index in [1.807, 2.05) is 0 Å². The van der Waals surface area contributed by atoms with Crippen LogP contribution in [0.1, 0.15) is 46.9 Å². The van der Waals surface area contributed by atoms with Gasteiger partial charge in [0.2, 0.25) is 0 Å². The van der Waals surface area contributed by atoms with E-state index in [0.717, 1.165) is 18.6 Å². The van der Waals surface area contributed by atoms with Crippen molar-refractivity contribution < 1.29 is 23.8 Å². The van der Waals surface area contributed by atoms with Gasteiger partial charge in [-0.05, 0) is 43.0 Å². The third-order valence-corrected chi connectivity index (χ3v) is 5.29. The minimum absolute atomic E-state index is 0.0119. The highest BCUT2D eigenvalue weighted by atomic mass is 19.1. The van der Waals surface area contributed by atoms with E-state index in [-0.39, 0.29) is 22.9 Å². The molecule has 32 heavy (non-hydrogen) atoms. The van der Waals surface area contributed by atoms with Crippen LogP contribution in [0.4, 0.5) is 8.78 Å². The molecule has 1 amide bonds. The minimum atomic E-state index is -0.814. The molecule has 1 aliphatic carbocycles. The Hall–Kier alpha value is -3.37. The molecule has 8 nitrogen and oxygen atoms in total. The van der Waals surface area contributed by atoms with Gasteiger partial charge in [-0.15, -0.1) is 0 Å². The normalized spacial score (nSPS) is 17.0. The van der Waals surface area contributed by atoms with E-state index in [1.54, 1.807) is 0 Å². The number of aliphatic hydroxyl groups is 2. The van der Waals surface area contributed by atoms with Crippen LogP contribution < -0.4 is 16.8 Å². The molecule has 0 fully saturated rings. The van der Waals surface area contributed by atoms with Gasteiger partial charge >= 0.3 is 0 Å². The van der Waals surface area contributed by atoms with E-state index in [9.17, 15) is 13.6 Å². The summed E-state index contributed by atoms with van der Waals surface area (Å²) in [7, 11) is 0. The molecule has 1 heterocycles. The molecule has 0 bridgehead atoms. The van der Waals surface area contributed by atoms with Crippen LogP contribution in [0.3, 0.4) is 0 Å². The number of aliphatic hydroxyl groups excluding tert-OH is 2. The van der Waals surface area contributed by atoms with Crippen molar-refractivity contribution >= 4 is 11.6 Å². The molecule has 170 valence electrons. The second kappa shape index (κ2) is 10.3. The number of hydrogen-bond acceptors (Lipinski definition) is 7. The van der Waals surface area contributed by atoms with E-state index < -0.39 is 36.8 Å². The molecule has 0 aliphatic heterocycles. The molecule has 1 aliphatic rings. The number of nitrogens with one attached hydrogen (secondary N) is 1. The molecular formula is C22H25F2N5O3. The summed E-state index contributed by atoms with van der Waals surface area (Å²) in [6.07, 6.45) is 6.18. The molecule has 10 heteroatoms. The molecule has 3 rings (SSSR count). The zero-order valence-electron chi connectivity index (χ0n) is 17.3. The fourth-order valence-corrected chi connectivity index (χ4v) is 3.58. The van der Waals surface area contributed by atoms with Crippen molar-refractivity contribution in [1.29, 1.82) is 0 Å². The molecule has 1 aromatic heterocycles. The lowest BCUT2D eigenvalue weighted by molar-refractivity contribution is 0.0873. The molecule has 1 atom stereocenters. The molecule has 0 radical (unpaired) electrons. The van der Waals surface area contributed by atoms with Crippen molar-refractivity contribution in [1.82, 2.24) is 15.3 Å². The lowest BCUT2D eigenvalue weighted by atomic mass is 9.84. The first-order valence-electron chi connectivity index (χ1n) is 10.1.